The molecule has 2 N–H and O–H groups in total. The van der Waals surface area contributed by atoms with Gasteiger partial charge in [0.1, 0.15) is 0 Å². The summed E-state index contributed by atoms with van der Waals surface area (Å²) < 4.78 is 0. The molecule has 0 aromatic carbocycles. The number of aliphatic carboxylic acids is 1. The molecule has 0 aromatic heterocycles. The summed E-state index contributed by atoms with van der Waals surface area (Å²) in [5.74, 6) is -0.678. The van der Waals surface area contributed by atoms with Gasteiger partial charge in [-0.2, -0.15) is 0 Å². The number of carboxylic acids is 1. The molecule has 3 heteroatoms. The molecule has 0 spiro atoms. The van der Waals surface area contributed by atoms with Crippen LogP contribution in [0.2, 0.25) is 0 Å². The van der Waals surface area contributed by atoms with Gasteiger partial charge in [-0.1, -0.05) is 27.7 Å². The molecular formula is C9H18O3. The molecule has 0 amide bonds. The number of carbonyl (C=O) groups is 1. The molecule has 0 bridgehead atoms. The molecule has 1 unspecified atom stereocenters. The third-order valence-corrected chi connectivity index (χ3v) is 2.71. The summed E-state index contributed by atoms with van der Waals surface area (Å²) in [6.07, 6.45) is -0.944. The fraction of sp³-hybridized carbons (Fsp3) is 0.889. The molecule has 0 aliphatic rings. The highest BCUT2D eigenvalue weighted by Gasteiger charge is 2.32. The number of carboxylic acid groups (broad SMARTS) is 1. The number of rotatable bonds is 4. The molecule has 0 saturated heterocycles. The average Bonchev–Trinajstić information content (AvgIpc) is 1.85. The summed E-state index contributed by atoms with van der Waals surface area (Å²) in [5, 5.41) is 18.0. The maximum atomic E-state index is 10.3. The van der Waals surface area contributed by atoms with Crippen molar-refractivity contribution >= 4 is 5.97 Å². The molecular weight excluding hydrogens is 156 g/mol. The van der Waals surface area contributed by atoms with E-state index >= 15 is 0 Å². The lowest BCUT2D eigenvalue weighted by atomic mass is 9.75. The molecule has 0 aliphatic heterocycles. The van der Waals surface area contributed by atoms with Crippen LogP contribution in [0, 0.1) is 11.3 Å². The third-order valence-electron chi connectivity index (χ3n) is 2.71. The third kappa shape index (κ3) is 2.81. The van der Waals surface area contributed by atoms with E-state index in [-0.39, 0.29) is 17.8 Å². The van der Waals surface area contributed by atoms with Crippen molar-refractivity contribution in [2.45, 2.75) is 40.2 Å². The van der Waals surface area contributed by atoms with Crippen LogP contribution in [0.3, 0.4) is 0 Å². The van der Waals surface area contributed by atoms with Crippen molar-refractivity contribution in [3.63, 3.8) is 0 Å². The minimum absolute atomic E-state index is 0.175. The smallest absolute Gasteiger partial charge is 0.305 e. The highest BCUT2D eigenvalue weighted by molar-refractivity contribution is 5.67. The Bertz CT molecular complexity index is 161. The molecule has 0 aromatic rings. The van der Waals surface area contributed by atoms with Crippen LogP contribution in [0.5, 0.6) is 0 Å². The van der Waals surface area contributed by atoms with Gasteiger partial charge in [-0.25, -0.2) is 0 Å². The molecule has 12 heavy (non-hydrogen) atoms. The van der Waals surface area contributed by atoms with Gasteiger partial charge in [0, 0.05) is 0 Å². The first kappa shape index (κ1) is 11.4. The van der Waals surface area contributed by atoms with Gasteiger partial charge < -0.3 is 10.2 Å². The summed E-state index contributed by atoms with van der Waals surface area (Å²) in [7, 11) is 0. The predicted octanol–water partition coefficient (Wildman–Crippen LogP) is 1.50. The first-order valence-corrected chi connectivity index (χ1v) is 4.18. The number of aliphatic hydroxyl groups is 1. The van der Waals surface area contributed by atoms with Crippen LogP contribution in [0.1, 0.15) is 34.1 Å². The summed E-state index contributed by atoms with van der Waals surface area (Å²) in [6, 6.07) is 0. The Morgan fingerprint density at radius 3 is 2.08 bits per heavy atom. The van der Waals surface area contributed by atoms with Crippen molar-refractivity contribution < 1.29 is 15.0 Å². The van der Waals surface area contributed by atoms with Crippen LogP contribution in [0.4, 0.5) is 0 Å². The van der Waals surface area contributed by atoms with Gasteiger partial charge >= 0.3 is 5.97 Å². The van der Waals surface area contributed by atoms with Crippen molar-refractivity contribution in [1.29, 1.82) is 0 Å². The van der Waals surface area contributed by atoms with Crippen LogP contribution in [0.25, 0.3) is 0 Å². The quantitative estimate of drug-likeness (QED) is 0.679. The van der Waals surface area contributed by atoms with Gasteiger partial charge in [0.05, 0.1) is 12.5 Å². The van der Waals surface area contributed by atoms with E-state index in [2.05, 4.69) is 0 Å². The molecule has 0 radical (unpaired) electrons. The fourth-order valence-corrected chi connectivity index (χ4v) is 0.813. The molecule has 1 atom stereocenters. The molecule has 0 saturated carbocycles. The summed E-state index contributed by atoms with van der Waals surface area (Å²) >= 11 is 0. The van der Waals surface area contributed by atoms with E-state index < -0.39 is 12.1 Å². The lowest BCUT2D eigenvalue weighted by Crippen LogP contribution is -2.35. The van der Waals surface area contributed by atoms with Gasteiger partial charge in [-0.3, -0.25) is 4.79 Å². The van der Waals surface area contributed by atoms with Crippen LogP contribution in [-0.2, 0) is 4.79 Å². The molecule has 0 aliphatic carbocycles. The number of hydrogen-bond donors (Lipinski definition) is 2. The molecule has 3 nitrogen and oxygen atoms in total. The van der Waals surface area contributed by atoms with Gasteiger partial charge in [0.2, 0.25) is 0 Å². The zero-order chi connectivity index (χ0) is 9.94. The average molecular weight is 174 g/mol. The van der Waals surface area contributed by atoms with E-state index in [9.17, 15) is 9.90 Å². The van der Waals surface area contributed by atoms with Gasteiger partial charge in [0.15, 0.2) is 0 Å². The Balaban J connectivity index is 4.24. The van der Waals surface area contributed by atoms with Crippen molar-refractivity contribution in [2.24, 2.45) is 11.3 Å². The van der Waals surface area contributed by atoms with E-state index in [1.54, 1.807) is 0 Å². The van der Waals surface area contributed by atoms with Crippen molar-refractivity contribution in [3.8, 4) is 0 Å². The Morgan fingerprint density at radius 1 is 1.42 bits per heavy atom. The summed E-state index contributed by atoms with van der Waals surface area (Å²) in [5.41, 5.74) is -0.335. The Hall–Kier alpha value is -0.570. The van der Waals surface area contributed by atoms with E-state index in [0.29, 0.717) is 0 Å². The van der Waals surface area contributed by atoms with Crippen LogP contribution >= 0.6 is 0 Å². The van der Waals surface area contributed by atoms with Crippen molar-refractivity contribution in [1.82, 2.24) is 0 Å². The fourth-order valence-electron chi connectivity index (χ4n) is 0.813. The largest absolute Gasteiger partial charge is 0.481 e. The Labute approximate surface area is 73.4 Å². The zero-order valence-corrected chi connectivity index (χ0v) is 8.16. The maximum Gasteiger partial charge on any atom is 0.305 e. The van der Waals surface area contributed by atoms with E-state index in [0.717, 1.165) is 0 Å². The standard InChI is InChI=1S/C9H18O3/c1-6(2)9(3,4)7(10)5-8(11)12/h6-7,10H,5H2,1-4H3,(H,11,12). The second-order valence-electron chi connectivity index (χ2n) is 4.09. The normalized spacial score (nSPS) is 14.8. The first-order chi connectivity index (χ1) is 5.28. The molecule has 72 valence electrons. The van der Waals surface area contributed by atoms with Gasteiger partial charge in [-0.15, -0.1) is 0 Å². The van der Waals surface area contributed by atoms with Crippen LogP contribution in [0.15, 0.2) is 0 Å². The van der Waals surface area contributed by atoms with Crippen molar-refractivity contribution in [3.05, 3.63) is 0 Å². The van der Waals surface area contributed by atoms with Crippen molar-refractivity contribution in [2.75, 3.05) is 0 Å². The highest BCUT2D eigenvalue weighted by Crippen LogP contribution is 2.31. The van der Waals surface area contributed by atoms with E-state index in [1.807, 2.05) is 27.7 Å². The molecule has 0 fully saturated rings. The number of hydrogen-bond acceptors (Lipinski definition) is 2. The second kappa shape index (κ2) is 3.90. The Kier molecular flexibility index (Phi) is 3.71. The monoisotopic (exact) mass is 174 g/mol. The topological polar surface area (TPSA) is 57.5 Å². The van der Waals surface area contributed by atoms with E-state index in [1.165, 1.54) is 0 Å². The zero-order valence-electron chi connectivity index (χ0n) is 8.16. The summed E-state index contributed by atoms with van der Waals surface area (Å²) in [4.78, 5) is 10.3. The lowest BCUT2D eigenvalue weighted by molar-refractivity contribution is -0.141. The maximum absolute atomic E-state index is 10.3. The Morgan fingerprint density at radius 2 is 1.83 bits per heavy atom. The van der Waals surface area contributed by atoms with Crippen LogP contribution in [-0.4, -0.2) is 22.3 Å². The first-order valence-electron chi connectivity index (χ1n) is 4.18. The molecule has 0 heterocycles. The van der Waals surface area contributed by atoms with E-state index in [4.69, 9.17) is 5.11 Å². The summed E-state index contributed by atoms with van der Waals surface area (Å²) in [6.45, 7) is 7.71. The minimum Gasteiger partial charge on any atom is -0.481 e. The van der Waals surface area contributed by atoms with Gasteiger partial charge in [-0.05, 0) is 11.3 Å². The molecule has 0 rings (SSSR count). The highest BCUT2D eigenvalue weighted by atomic mass is 16.4. The lowest BCUT2D eigenvalue weighted by Gasteiger charge is -2.33. The van der Waals surface area contributed by atoms with Crippen LogP contribution < -0.4 is 0 Å². The minimum atomic E-state index is -0.948. The number of aliphatic hydroxyl groups excluding tert-OH is 1. The SMILES string of the molecule is CC(C)C(C)(C)C(O)CC(=O)O. The van der Waals surface area contributed by atoms with Gasteiger partial charge in [0.25, 0.3) is 0 Å². The second-order valence-corrected chi connectivity index (χ2v) is 4.09. The predicted molar refractivity (Wildman–Crippen MR) is 46.9 cm³/mol.